The number of benzene rings is 2. The lowest BCUT2D eigenvalue weighted by Crippen LogP contribution is -2.38. The number of carbonyl (C=O) groups is 1. The van der Waals surface area contributed by atoms with Crippen molar-refractivity contribution >= 4 is 58.8 Å². The van der Waals surface area contributed by atoms with E-state index in [2.05, 4.69) is 10.5 Å². The summed E-state index contributed by atoms with van der Waals surface area (Å²) in [5, 5.41) is 5.00. The van der Waals surface area contributed by atoms with E-state index in [1.807, 2.05) is 36.4 Å². The maximum absolute atomic E-state index is 10.9. The first-order chi connectivity index (χ1) is 11.9. The van der Waals surface area contributed by atoms with Gasteiger partial charge in [0.05, 0.1) is 5.02 Å². The molecule has 0 aliphatic carbocycles. The smallest absolute Gasteiger partial charge is 0.332 e. The van der Waals surface area contributed by atoms with Gasteiger partial charge < -0.3 is 5.73 Å². The summed E-state index contributed by atoms with van der Waals surface area (Å²) in [6, 6.07) is 12.5. The van der Waals surface area contributed by atoms with Crippen LogP contribution in [0.5, 0.6) is 0 Å². The summed E-state index contributed by atoms with van der Waals surface area (Å²) in [6.07, 6.45) is 1.61. The molecule has 0 spiro atoms. The third-order valence-corrected chi connectivity index (χ3v) is 6.53. The van der Waals surface area contributed by atoms with E-state index in [1.54, 1.807) is 24.0 Å². The number of alkyl halides is 1. The molecule has 0 aromatic heterocycles. The van der Waals surface area contributed by atoms with Gasteiger partial charge in [0.2, 0.25) is 0 Å². The van der Waals surface area contributed by atoms with E-state index in [4.69, 9.17) is 40.5 Å². The Bertz CT molecular complexity index is 831. The molecule has 130 valence electrons. The summed E-state index contributed by atoms with van der Waals surface area (Å²) < 4.78 is 0. The highest BCUT2D eigenvalue weighted by atomic mass is 35.5. The van der Waals surface area contributed by atoms with Gasteiger partial charge >= 0.3 is 6.03 Å². The zero-order valence-corrected chi connectivity index (χ0v) is 16.0. The van der Waals surface area contributed by atoms with Crippen molar-refractivity contribution in [1.29, 1.82) is 0 Å². The first-order valence-corrected chi connectivity index (χ1v) is 9.50. The van der Waals surface area contributed by atoms with Gasteiger partial charge in [-0.15, -0.1) is 23.4 Å². The average Bonchev–Trinajstić information content (AvgIpc) is 2.58. The Labute approximate surface area is 164 Å². The number of hydrogen-bond acceptors (Lipinski definition) is 3. The van der Waals surface area contributed by atoms with E-state index < -0.39 is 10.9 Å². The molecule has 8 heteroatoms. The number of halogens is 3. The van der Waals surface area contributed by atoms with Gasteiger partial charge in [-0.1, -0.05) is 53.5 Å². The summed E-state index contributed by atoms with van der Waals surface area (Å²) in [5.41, 5.74) is 9.00. The molecule has 1 heterocycles. The number of nitrogens with one attached hydrogen (secondary N) is 1. The lowest BCUT2D eigenvalue weighted by Gasteiger charge is -2.39. The number of thioether (sulfide) groups is 1. The lowest BCUT2D eigenvalue weighted by molar-refractivity contribution is 0.249. The first kappa shape index (κ1) is 18.4. The Hall–Kier alpha value is -1.40. The molecule has 0 bridgehead atoms. The fraction of sp³-hybridized carbons (Fsp3) is 0.176. The summed E-state index contributed by atoms with van der Waals surface area (Å²) in [5.74, 6) is 0.423. The van der Waals surface area contributed by atoms with Crippen molar-refractivity contribution < 1.29 is 4.79 Å². The van der Waals surface area contributed by atoms with Crippen molar-refractivity contribution in [3.8, 4) is 0 Å². The molecule has 2 unspecified atom stereocenters. The van der Waals surface area contributed by atoms with Crippen LogP contribution in [0.1, 0.15) is 11.1 Å². The quantitative estimate of drug-likeness (QED) is 0.428. The van der Waals surface area contributed by atoms with Crippen LogP contribution in [0.3, 0.4) is 0 Å². The number of hydrazone groups is 1. The maximum Gasteiger partial charge on any atom is 0.332 e. The summed E-state index contributed by atoms with van der Waals surface area (Å²) in [6.45, 7) is 0. The van der Waals surface area contributed by atoms with Crippen LogP contribution in [0.4, 0.5) is 4.79 Å². The molecule has 1 aliphatic heterocycles. The van der Waals surface area contributed by atoms with Gasteiger partial charge in [-0.05, 0) is 23.3 Å². The minimum Gasteiger partial charge on any atom is -0.350 e. The van der Waals surface area contributed by atoms with E-state index >= 15 is 0 Å². The van der Waals surface area contributed by atoms with Crippen LogP contribution in [0.25, 0.3) is 0 Å². The van der Waals surface area contributed by atoms with E-state index in [-0.39, 0.29) is 5.92 Å². The Kier molecular flexibility index (Phi) is 5.49. The van der Waals surface area contributed by atoms with E-state index in [0.29, 0.717) is 15.8 Å². The molecule has 1 aliphatic rings. The molecule has 0 radical (unpaired) electrons. The van der Waals surface area contributed by atoms with Crippen molar-refractivity contribution in [2.75, 3.05) is 5.75 Å². The largest absolute Gasteiger partial charge is 0.350 e. The van der Waals surface area contributed by atoms with Gasteiger partial charge in [0.15, 0.2) is 0 Å². The molecule has 2 amide bonds. The molecule has 25 heavy (non-hydrogen) atoms. The number of carbonyl (C=O) groups excluding carboxylic acids is 1. The van der Waals surface area contributed by atoms with Crippen LogP contribution >= 0.6 is 46.6 Å². The fourth-order valence-electron chi connectivity index (χ4n) is 2.85. The number of hydrogen-bond donors (Lipinski definition) is 2. The van der Waals surface area contributed by atoms with Gasteiger partial charge in [-0.2, -0.15) is 5.10 Å². The monoisotopic (exact) mass is 413 g/mol. The number of nitrogens with zero attached hydrogens (tertiary/aromatic N) is 1. The predicted octanol–water partition coefficient (Wildman–Crippen LogP) is 4.85. The van der Waals surface area contributed by atoms with Gasteiger partial charge in [0.1, 0.15) is 4.87 Å². The minimum atomic E-state index is -0.917. The number of amides is 2. The zero-order chi connectivity index (χ0) is 18.0. The Balaban J connectivity index is 2.15. The van der Waals surface area contributed by atoms with E-state index in [0.717, 1.165) is 16.0 Å². The molecule has 2 atom stereocenters. The number of rotatable bonds is 3. The molecule has 0 fully saturated rings. The second-order valence-electron chi connectivity index (χ2n) is 5.51. The molecular weight excluding hydrogens is 401 g/mol. The van der Waals surface area contributed by atoms with Crippen LogP contribution in [0, 0.1) is 5.92 Å². The number of urea groups is 1. The standard InChI is InChI=1S/C17H14Cl3N3OS/c18-12-6-13-15(14(19)7-12)25-9-11(8-22-23-16(21)24)17(13,20)10-4-2-1-3-5-10/h1-8,11H,9H2,(H3,21,23,24). The number of primary amides is 1. The van der Waals surface area contributed by atoms with Crippen LogP contribution in [-0.4, -0.2) is 18.0 Å². The zero-order valence-electron chi connectivity index (χ0n) is 12.9. The van der Waals surface area contributed by atoms with Gasteiger partial charge in [0, 0.05) is 27.8 Å². The van der Waals surface area contributed by atoms with Crippen molar-refractivity contribution in [1.82, 2.24) is 5.43 Å². The predicted molar refractivity (Wildman–Crippen MR) is 105 cm³/mol. The second kappa shape index (κ2) is 7.46. The summed E-state index contributed by atoms with van der Waals surface area (Å²) in [7, 11) is 0. The molecular formula is C17H14Cl3N3OS. The molecule has 3 rings (SSSR count). The molecule has 2 aromatic carbocycles. The van der Waals surface area contributed by atoms with Crippen LogP contribution in [0.15, 0.2) is 52.5 Å². The third-order valence-electron chi connectivity index (χ3n) is 3.94. The van der Waals surface area contributed by atoms with Gasteiger partial charge in [-0.3, -0.25) is 0 Å². The Morgan fingerprint density at radius 1 is 1.32 bits per heavy atom. The molecule has 4 nitrogen and oxygen atoms in total. The summed E-state index contributed by atoms with van der Waals surface area (Å²) in [4.78, 5) is 10.9. The second-order valence-corrected chi connectivity index (χ2v) is 7.98. The van der Waals surface area contributed by atoms with Crippen molar-refractivity contribution in [2.24, 2.45) is 16.8 Å². The lowest BCUT2D eigenvalue weighted by atomic mass is 9.80. The first-order valence-electron chi connectivity index (χ1n) is 7.38. The third kappa shape index (κ3) is 3.60. The highest BCUT2D eigenvalue weighted by Crippen LogP contribution is 2.54. The maximum atomic E-state index is 10.9. The van der Waals surface area contributed by atoms with Crippen LogP contribution < -0.4 is 11.2 Å². The number of fused-ring (bicyclic) bond motifs is 1. The van der Waals surface area contributed by atoms with Crippen molar-refractivity contribution in [3.63, 3.8) is 0 Å². The van der Waals surface area contributed by atoms with Gasteiger partial charge in [0.25, 0.3) is 0 Å². The fourth-order valence-corrected chi connectivity index (χ4v) is 5.32. The highest BCUT2D eigenvalue weighted by Gasteiger charge is 2.45. The minimum absolute atomic E-state index is 0.213. The highest BCUT2D eigenvalue weighted by molar-refractivity contribution is 7.99. The van der Waals surface area contributed by atoms with Crippen molar-refractivity contribution in [3.05, 3.63) is 63.6 Å². The molecule has 3 N–H and O–H groups in total. The summed E-state index contributed by atoms with van der Waals surface area (Å²) >= 11 is 21.4. The average molecular weight is 415 g/mol. The van der Waals surface area contributed by atoms with Crippen LogP contribution in [-0.2, 0) is 4.87 Å². The number of nitrogens with two attached hydrogens (primary N) is 1. The van der Waals surface area contributed by atoms with E-state index in [9.17, 15) is 4.79 Å². The normalized spacial score (nSPS) is 22.6. The SMILES string of the molecule is NC(=O)NN=CC1CSc2c(Cl)cc(Cl)cc2C1(Cl)c1ccccc1. The molecule has 0 saturated heterocycles. The Morgan fingerprint density at radius 3 is 2.72 bits per heavy atom. The van der Waals surface area contributed by atoms with Gasteiger partial charge in [-0.25, -0.2) is 10.2 Å². The van der Waals surface area contributed by atoms with Crippen molar-refractivity contribution in [2.45, 2.75) is 9.77 Å². The molecule has 2 aromatic rings. The topological polar surface area (TPSA) is 67.5 Å². The molecule has 0 saturated carbocycles. The Morgan fingerprint density at radius 2 is 2.04 bits per heavy atom. The van der Waals surface area contributed by atoms with Crippen LogP contribution in [0.2, 0.25) is 10.0 Å². The van der Waals surface area contributed by atoms with E-state index in [1.165, 1.54) is 0 Å².